The van der Waals surface area contributed by atoms with Gasteiger partial charge in [-0.3, -0.25) is 14.5 Å². The molecule has 0 spiro atoms. The molecular formula is C23H19ClFN3O5S. The topological polar surface area (TPSA) is 97.0 Å². The zero-order chi connectivity index (χ0) is 24.4. The number of anilines is 2. The van der Waals surface area contributed by atoms with Gasteiger partial charge in [-0.2, -0.15) is 0 Å². The third-order valence-electron chi connectivity index (χ3n) is 5.20. The summed E-state index contributed by atoms with van der Waals surface area (Å²) in [5, 5.41) is 5.34. The Morgan fingerprint density at radius 2 is 1.94 bits per heavy atom. The molecular weight excluding hydrogens is 485 g/mol. The van der Waals surface area contributed by atoms with E-state index >= 15 is 0 Å². The third-order valence-corrected chi connectivity index (χ3v) is 6.49. The van der Waals surface area contributed by atoms with Gasteiger partial charge < -0.3 is 20.1 Å². The molecule has 1 aromatic heterocycles. The highest BCUT2D eigenvalue weighted by Gasteiger charge is 2.29. The van der Waals surface area contributed by atoms with Gasteiger partial charge >= 0.3 is 5.97 Å². The molecule has 2 amide bonds. The molecule has 2 aromatic carbocycles. The van der Waals surface area contributed by atoms with Crippen LogP contribution in [-0.4, -0.2) is 38.7 Å². The number of rotatable bonds is 6. The molecule has 176 valence electrons. The normalized spacial score (nSPS) is 13.5. The summed E-state index contributed by atoms with van der Waals surface area (Å²) in [7, 11) is 2.80. The lowest BCUT2D eigenvalue weighted by molar-refractivity contribution is -0.143. The van der Waals surface area contributed by atoms with Gasteiger partial charge in [-0.1, -0.05) is 11.6 Å². The van der Waals surface area contributed by atoms with Crippen LogP contribution in [0.2, 0.25) is 4.34 Å². The minimum Gasteiger partial charge on any atom is -0.472 e. The predicted octanol–water partition coefficient (Wildman–Crippen LogP) is 4.22. The van der Waals surface area contributed by atoms with Crippen LogP contribution in [0.4, 0.5) is 15.8 Å². The third kappa shape index (κ3) is 4.55. The standard InChI is InChI=1S/C23H19ClFN3O5S/c1-26-16-10-17-14(9-15(16)25)22(30)28(11-33-17)13-5-3-12(4-6-13)21(29)27-20(23(31)32-2)18-7-8-19(24)34-18/h3-10,20,26H,11H2,1-2H3,(H,27,29). The molecule has 11 heteroatoms. The summed E-state index contributed by atoms with van der Waals surface area (Å²) in [6.07, 6.45) is 0. The molecule has 3 aromatic rings. The molecule has 1 unspecified atom stereocenters. The smallest absolute Gasteiger partial charge is 0.333 e. The average Bonchev–Trinajstić information content (AvgIpc) is 3.28. The molecule has 1 aliphatic heterocycles. The van der Waals surface area contributed by atoms with E-state index in [0.29, 0.717) is 14.9 Å². The molecule has 0 aliphatic carbocycles. The van der Waals surface area contributed by atoms with Gasteiger partial charge in [-0.05, 0) is 42.5 Å². The maximum atomic E-state index is 14.2. The van der Waals surface area contributed by atoms with Crippen molar-refractivity contribution < 1.29 is 28.2 Å². The van der Waals surface area contributed by atoms with Crippen molar-refractivity contribution in [3.05, 3.63) is 74.7 Å². The first-order valence-electron chi connectivity index (χ1n) is 10.0. The SMILES string of the molecule is CNc1cc2c(cc1F)C(=O)N(c1ccc(C(=O)NC(C(=O)OC)c3ccc(Cl)s3)cc1)CO2. The van der Waals surface area contributed by atoms with E-state index < -0.39 is 29.6 Å². The number of halogens is 2. The largest absolute Gasteiger partial charge is 0.472 e. The summed E-state index contributed by atoms with van der Waals surface area (Å²) in [5.41, 5.74) is 1.04. The summed E-state index contributed by atoms with van der Waals surface area (Å²) in [4.78, 5) is 39.7. The predicted molar refractivity (Wildman–Crippen MR) is 126 cm³/mol. The van der Waals surface area contributed by atoms with Crippen LogP contribution >= 0.6 is 22.9 Å². The van der Waals surface area contributed by atoms with Crippen LogP contribution in [0, 0.1) is 5.82 Å². The maximum Gasteiger partial charge on any atom is 0.333 e. The van der Waals surface area contributed by atoms with Crippen LogP contribution in [0.1, 0.15) is 31.6 Å². The number of carbonyl (C=O) groups is 3. The number of thiophene rings is 1. The average molecular weight is 504 g/mol. The Kier molecular flexibility index (Phi) is 6.71. The molecule has 34 heavy (non-hydrogen) atoms. The number of methoxy groups -OCH3 is 1. The molecule has 8 nitrogen and oxygen atoms in total. The summed E-state index contributed by atoms with van der Waals surface area (Å²) >= 11 is 7.11. The zero-order valence-corrected chi connectivity index (χ0v) is 19.6. The van der Waals surface area contributed by atoms with Gasteiger partial charge in [0.25, 0.3) is 11.8 Å². The van der Waals surface area contributed by atoms with Crippen molar-refractivity contribution in [3.8, 4) is 5.75 Å². The number of carbonyl (C=O) groups excluding carboxylic acids is 3. The Bertz CT molecular complexity index is 1260. The van der Waals surface area contributed by atoms with Crippen LogP contribution in [0.25, 0.3) is 0 Å². The Morgan fingerprint density at radius 3 is 2.56 bits per heavy atom. The highest BCUT2D eigenvalue weighted by atomic mass is 35.5. The quantitative estimate of drug-likeness (QED) is 0.489. The number of nitrogens with zero attached hydrogens (tertiary/aromatic N) is 1. The molecule has 1 atom stereocenters. The van der Waals surface area contributed by atoms with Crippen molar-refractivity contribution in [1.29, 1.82) is 0 Å². The van der Waals surface area contributed by atoms with Crippen LogP contribution in [0.5, 0.6) is 5.75 Å². The second-order valence-corrected chi connectivity index (χ2v) is 8.95. The zero-order valence-electron chi connectivity index (χ0n) is 18.1. The lowest BCUT2D eigenvalue weighted by Gasteiger charge is -2.29. The first-order valence-corrected chi connectivity index (χ1v) is 11.2. The van der Waals surface area contributed by atoms with E-state index in [0.717, 1.165) is 17.4 Å². The van der Waals surface area contributed by atoms with Crippen LogP contribution < -0.4 is 20.3 Å². The fraction of sp³-hybridized carbons (Fsp3) is 0.174. The Balaban J connectivity index is 1.51. The van der Waals surface area contributed by atoms with Gasteiger partial charge in [0.2, 0.25) is 0 Å². The minimum atomic E-state index is -1.01. The fourth-order valence-electron chi connectivity index (χ4n) is 3.42. The summed E-state index contributed by atoms with van der Waals surface area (Å²) < 4.78 is 25.1. The van der Waals surface area contributed by atoms with E-state index in [1.807, 2.05) is 0 Å². The van der Waals surface area contributed by atoms with Crippen LogP contribution in [0.3, 0.4) is 0 Å². The monoisotopic (exact) mass is 503 g/mol. The number of esters is 1. The highest BCUT2D eigenvalue weighted by molar-refractivity contribution is 7.16. The molecule has 0 saturated heterocycles. The van der Waals surface area contributed by atoms with E-state index in [1.54, 1.807) is 31.3 Å². The van der Waals surface area contributed by atoms with E-state index in [1.165, 1.54) is 30.2 Å². The second kappa shape index (κ2) is 9.70. The van der Waals surface area contributed by atoms with Gasteiger partial charge in [0.05, 0.1) is 22.7 Å². The Labute approximate surface area is 203 Å². The van der Waals surface area contributed by atoms with Gasteiger partial charge in [-0.25, -0.2) is 9.18 Å². The first kappa shape index (κ1) is 23.5. The van der Waals surface area contributed by atoms with Gasteiger partial charge in [0.15, 0.2) is 12.8 Å². The number of fused-ring (bicyclic) bond motifs is 1. The van der Waals surface area contributed by atoms with Crippen LogP contribution in [-0.2, 0) is 9.53 Å². The van der Waals surface area contributed by atoms with Crippen molar-refractivity contribution in [2.45, 2.75) is 6.04 Å². The van der Waals surface area contributed by atoms with Crippen molar-refractivity contribution in [1.82, 2.24) is 5.32 Å². The molecule has 4 rings (SSSR count). The second-order valence-electron chi connectivity index (χ2n) is 7.20. The summed E-state index contributed by atoms with van der Waals surface area (Å²) in [5.74, 6) is -1.86. The number of benzene rings is 2. The summed E-state index contributed by atoms with van der Waals surface area (Å²) in [6, 6.07) is 11.0. The maximum absolute atomic E-state index is 14.2. The Morgan fingerprint density at radius 1 is 1.21 bits per heavy atom. The van der Waals surface area contributed by atoms with E-state index in [9.17, 15) is 18.8 Å². The minimum absolute atomic E-state index is 0.0737. The fourth-order valence-corrected chi connectivity index (χ4v) is 4.52. The molecule has 0 radical (unpaired) electrons. The first-order chi connectivity index (χ1) is 16.3. The van der Waals surface area contributed by atoms with Gasteiger partial charge in [0, 0.05) is 29.2 Å². The lowest BCUT2D eigenvalue weighted by Crippen LogP contribution is -2.39. The van der Waals surface area contributed by atoms with Gasteiger partial charge in [0.1, 0.15) is 11.6 Å². The molecule has 0 saturated carbocycles. The number of ether oxygens (including phenoxy) is 2. The number of hydrogen-bond acceptors (Lipinski definition) is 7. The van der Waals surface area contributed by atoms with Crippen molar-refractivity contribution in [3.63, 3.8) is 0 Å². The molecule has 2 heterocycles. The molecule has 1 aliphatic rings. The van der Waals surface area contributed by atoms with Crippen molar-refractivity contribution in [2.75, 3.05) is 31.1 Å². The van der Waals surface area contributed by atoms with Gasteiger partial charge in [-0.15, -0.1) is 11.3 Å². The van der Waals surface area contributed by atoms with E-state index in [2.05, 4.69) is 10.6 Å². The van der Waals surface area contributed by atoms with Crippen LogP contribution in [0.15, 0.2) is 48.5 Å². The summed E-state index contributed by atoms with van der Waals surface area (Å²) in [6.45, 7) is -0.0737. The Hall–Kier alpha value is -3.63. The van der Waals surface area contributed by atoms with Crippen molar-refractivity contribution in [2.24, 2.45) is 0 Å². The number of nitrogens with one attached hydrogen (secondary N) is 2. The van der Waals surface area contributed by atoms with E-state index in [-0.39, 0.29) is 29.3 Å². The molecule has 0 bridgehead atoms. The highest BCUT2D eigenvalue weighted by Crippen LogP contribution is 2.33. The van der Waals surface area contributed by atoms with E-state index in [4.69, 9.17) is 21.1 Å². The number of hydrogen-bond donors (Lipinski definition) is 2. The lowest BCUT2D eigenvalue weighted by atomic mass is 10.1. The van der Waals surface area contributed by atoms with Crippen molar-refractivity contribution >= 4 is 52.1 Å². The molecule has 0 fully saturated rings. The molecule has 2 N–H and O–H groups in total. The number of amides is 2.